The first-order chi connectivity index (χ1) is 8.09. The van der Waals surface area contributed by atoms with Crippen LogP contribution >= 0.6 is 15.9 Å². The summed E-state index contributed by atoms with van der Waals surface area (Å²) in [4.78, 5) is 11.7. The van der Waals surface area contributed by atoms with E-state index in [4.69, 9.17) is 0 Å². The van der Waals surface area contributed by atoms with Gasteiger partial charge < -0.3 is 0 Å². The maximum absolute atomic E-state index is 11.7. The zero-order valence-corrected chi connectivity index (χ0v) is 11.4. The van der Waals surface area contributed by atoms with Gasteiger partial charge in [-0.05, 0) is 42.7 Å². The van der Waals surface area contributed by atoms with E-state index in [1.54, 1.807) is 6.92 Å². The monoisotopic (exact) mass is 288 g/mol. The molecule has 2 aromatic rings. The first kappa shape index (κ1) is 12.1. The average molecular weight is 289 g/mol. The van der Waals surface area contributed by atoms with Crippen LogP contribution < -0.4 is 0 Å². The fraction of sp³-hybridized carbons (Fsp3) is 0.133. The van der Waals surface area contributed by atoms with Crippen molar-refractivity contribution < 1.29 is 4.79 Å². The van der Waals surface area contributed by atoms with Gasteiger partial charge in [-0.3, -0.25) is 4.79 Å². The fourth-order valence-electron chi connectivity index (χ4n) is 2.01. The summed E-state index contributed by atoms with van der Waals surface area (Å²) < 4.78 is 1.04. The number of carbonyl (C=O) groups excluding carboxylic acids is 1. The van der Waals surface area contributed by atoms with Crippen molar-refractivity contribution in [3.63, 3.8) is 0 Å². The van der Waals surface area contributed by atoms with Crippen LogP contribution in [0.4, 0.5) is 0 Å². The summed E-state index contributed by atoms with van der Waals surface area (Å²) in [6, 6.07) is 14.0. The molecule has 0 N–H and O–H groups in total. The predicted molar refractivity (Wildman–Crippen MR) is 74.3 cm³/mol. The second-order valence-electron chi connectivity index (χ2n) is 4.06. The first-order valence-corrected chi connectivity index (χ1v) is 6.25. The minimum atomic E-state index is 0.112. The zero-order valence-electron chi connectivity index (χ0n) is 9.83. The van der Waals surface area contributed by atoms with Crippen LogP contribution in [0.3, 0.4) is 0 Å². The van der Waals surface area contributed by atoms with E-state index in [0.717, 1.165) is 26.7 Å². The van der Waals surface area contributed by atoms with Gasteiger partial charge in [0, 0.05) is 10.0 Å². The van der Waals surface area contributed by atoms with E-state index >= 15 is 0 Å². The van der Waals surface area contributed by atoms with Gasteiger partial charge in [0.15, 0.2) is 5.78 Å². The molecule has 2 rings (SSSR count). The molecular weight excluding hydrogens is 276 g/mol. The van der Waals surface area contributed by atoms with Crippen molar-refractivity contribution in [2.24, 2.45) is 0 Å². The van der Waals surface area contributed by atoms with Crippen LogP contribution in [0.1, 0.15) is 22.8 Å². The molecule has 0 unspecified atom stereocenters. The predicted octanol–water partition coefficient (Wildman–Crippen LogP) is 4.63. The SMILES string of the molecule is CC(=O)c1c(C)cccc1-c1ccc(Br)cc1. The molecule has 0 saturated heterocycles. The molecule has 0 fully saturated rings. The Kier molecular flexibility index (Phi) is 3.43. The van der Waals surface area contributed by atoms with Crippen molar-refractivity contribution in [1.29, 1.82) is 0 Å². The normalized spacial score (nSPS) is 10.3. The highest BCUT2D eigenvalue weighted by atomic mass is 79.9. The molecule has 0 amide bonds. The molecule has 17 heavy (non-hydrogen) atoms. The number of aryl methyl sites for hydroxylation is 1. The second-order valence-corrected chi connectivity index (χ2v) is 4.98. The maximum atomic E-state index is 11.7. The number of carbonyl (C=O) groups is 1. The Bertz CT molecular complexity index is 556. The van der Waals surface area contributed by atoms with Gasteiger partial charge >= 0.3 is 0 Å². The van der Waals surface area contributed by atoms with Crippen LogP contribution in [0.5, 0.6) is 0 Å². The topological polar surface area (TPSA) is 17.1 Å². The summed E-state index contributed by atoms with van der Waals surface area (Å²) in [6.07, 6.45) is 0. The highest BCUT2D eigenvalue weighted by molar-refractivity contribution is 9.10. The minimum absolute atomic E-state index is 0.112. The smallest absolute Gasteiger partial charge is 0.160 e. The molecule has 0 aliphatic heterocycles. The summed E-state index contributed by atoms with van der Waals surface area (Å²) in [5.41, 5.74) is 3.92. The van der Waals surface area contributed by atoms with E-state index in [9.17, 15) is 4.79 Å². The molecule has 2 heteroatoms. The average Bonchev–Trinajstić information content (AvgIpc) is 2.29. The van der Waals surface area contributed by atoms with Crippen molar-refractivity contribution in [2.45, 2.75) is 13.8 Å². The molecule has 0 aromatic heterocycles. The van der Waals surface area contributed by atoms with Gasteiger partial charge in [0.2, 0.25) is 0 Å². The van der Waals surface area contributed by atoms with Gasteiger partial charge in [-0.15, -0.1) is 0 Å². The van der Waals surface area contributed by atoms with Crippen LogP contribution in [0.25, 0.3) is 11.1 Å². The Labute approximate surface area is 110 Å². The van der Waals surface area contributed by atoms with Crippen LogP contribution in [0, 0.1) is 6.92 Å². The van der Waals surface area contributed by atoms with Crippen molar-refractivity contribution in [3.05, 3.63) is 58.1 Å². The van der Waals surface area contributed by atoms with Crippen molar-refractivity contribution in [1.82, 2.24) is 0 Å². The van der Waals surface area contributed by atoms with Gasteiger partial charge in [0.05, 0.1) is 0 Å². The minimum Gasteiger partial charge on any atom is -0.294 e. The molecule has 2 aromatic carbocycles. The first-order valence-electron chi connectivity index (χ1n) is 5.46. The van der Waals surface area contributed by atoms with Crippen LogP contribution in [-0.2, 0) is 0 Å². The summed E-state index contributed by atoms with van der Waals surface area (Å²) >= 11 is 3.41. The summed E-state index contributed by atoms with van der Waals surface area (Å²) in [6.45, 7) is 3.59. The number of rotatable bonds is 2. The van der Waals surface area contributed by atoms with Crippen LogP contribution in [-0.4, -0.2) is 5.78 Å². The summed E-state index contributed by atoms with van der Waals surface area (Å²) in [5, 5.41) is 0. The molecule has 0 bridgehead atoms. The molecule has 1 nitrogen and oxygen atoms in total. The van der Waals surface area contributed by atoms with E-state index in [-0.39, 0.29) is 5.78 Å². The molecular formula is C15H13BrO. The Morgan fingerprint density at radius 2 is 1.71 bits per heavy atom. The number of ketones is 1. The van der Waals surface area contributed by atoms with E-state index in [1.165, 1.54) is 0 Å². The van der Waals surface area contributed by atoms with Crippen molar-refractivity contribution in [3.8, 4) is 11.1 Å². The van der Waals surface area contributed by atoms with E-state index in [2.05, 4.69) is 15.9 Å². The third-order valence-electron chi connectivity index (χ3n) is 2.78. The molecule has 0 spiro atoms. The van der Waals surface area contributed by atoms with Crippen molar-refractivity contribution >= 4 is 21.7 Å². The Balaban J connectivity index is 2.63. The quantitative estimate of drug-likeness (QED) is 0.737. The number of hydrogen-bond acceptors (Lipinski definition) is 1. The fourth-order valence-corrected chi connectivity index (χ4v) is 2.27. The maximum Gasteiger partial charge on any atom is 0.160 e. The van der Waals surface area contributed by atoms with Crippen LogP contribution in [0.2, 0.25) is 0 Å². The van der Waals surface area contributed by atoms with Gasteiger partial charge in [0.1, 0.15) is 0 Å². The highest BCUT2D eigenvalue weighted by Gasteiger charge is 2.11. The second kappa shape index (κ2) is 4.84. The van der Waals surface area contributed by atoms with Gasteiger partial charge in [-0.25, -0.2) is 0 Å². The molecule has 0 saturated carbocycles. The van der Waals surface area contributed by atoms with Gasteiger partial charge in [0.25, 0.3) is 0 Å². The lowest BCUT2D eigenvalue weighted by Crippen LogP contribution is -1.99. The summed E-state index contributed by atoms with van der Waals surface area (Å²) in [5.74, 6) is 0.112. The van der Waals surface area contributed by atoms with E-state index < -0.39 is 0 Å². The molecule has 0 aliphatic rings. The molecule has 0 radical (unpaired) electrons. The lowest BCUT2D eigenvalue weighted by atomic mass is 9.94. The zero-order chi connectivity index (χ0) is 12.4. The number of hydrogen-bond donors (Lipinski definition) is 0. The van der Waals surface area contributed by atoms with Gasteiger partial charge in [-0.1, -0.05) is 46.3 Å². The largest absolute Gasteiger partial charge is 0.294 e. The van der Waals surface area contributed by atoms with E-state index in [1.807, 2.05) is 49.4 Å². The van der Waals surface area contributed by atoms with E-state index in [0.29, 0.717) is 0 Å². The summed E-state index contributed by atoms with van der Waals surface area (Å²) in [7, 11) is 0. The standard InChI is InChI=1S/C15H13BrO/c1-10-4-3-5-14(15(10)11(2)17)12-6-8-13(16)9-7-12/h3-9H,1-2H3. The third-order valence-corrected chi connectivity index (χ3v) is 3.31. The lowest BCUT2D eigenvalue weighted by molar-refractivity contribution is 0.101. The third kappa shape index (κ3) is 2.47. The van der Waals surface area contributed by atoms with Gasteiger partial charge in [-0.2, -0.15) is 0 Å². The number of benzene rings is 2. The lowest BCUT2D eigenvalue weighted by Gasteiger charge is -2.10. The Morgan fingerprint density at radius 3 is 2.29 bits per heavy atom. The highest BCUT2D eigenvalue weighted by Crippen LogP contribution is 2.27. The molecule has 0 heterocycles. The Hall–Kier alpha value is -1.41. The Morgan fingerprint density at radius 1 is 1.06 bits per heavy atom. The number of halogens is 1. The number of Topliss-reactive ketones (excluding diaryl/α,β-unsaturated/α-hetero) is 1. The molecule has 86 valence electrons. The molecule has 0 atom stereocenters. The molecule has 0 aliphatic carbocycles. The van der Waals surface area contributed by atoms with Crippen molar-refractivity contribution in [2.75, 3.05) is 0 Å². The van der Waals surface area contributed by atoms with Crippen LogP contribution in [0.15, 0.2) is 46.9 Å².